The molecule has 0 unspecified atom stereocenters. The smallest absolute Gasteiger partial charge is 0.356 e. The molecule has 31 valence electrons. The Balaban J connectivity index is 0. The molecule has 5 heteroatoms. The maximum atomic E-state index is 8.25. The summed E-state index contributed by atoms with van der Waals surface area (Å²) in [6, 6.07) is 0. The summed E-state index contributed by atoms with van der Waals surface area (Å²) in [5, 5.41) is 14.8. The van der Waals surface area contributed by atoms with Crippen molar-refractivity contribution in [1.29, 1.82) is 0 Å². The number of hydrogen-bond donors (Lipinski definition) is 0. The van der Waals surface area contributed by atoms with Gasteiger partial charge in [0.2, 0.25) is 0 Å². The molecule has 0 fully saturated rings. The molecule has 0 heterocycles. The van der Waals surface area contributed by atoms with Crippen molar-refractivity contribution in [3.63, 3.8) is 0 Å². The minimum absolute atomic E-state index is 0. The molecule has 0 N–H and O–H groups in total. The number of rotatable bonds is 0. The van der Waals surface area contributed by atoms with Crippen molar-refractivity contribution in [2.45, 2.75) is 0 Å². The fourth-order valence-corrected chi connectivity index (χ4v) is 0. The summed E-state index contributed by atoms with van der Waals surface area (Å²) < 4.78 is 0. The first-order chi connectivity index (χ1) is 1.73. The van der Waals surface area contributed by atoms with Crippen LogP contribution >= 0.6 is 0 Å². The van der Waals surface area contributed by atoms with Gasteiger partial charge >= 0.3 is 19.5 Å². The maximum absolute atomic E-state index is 8.25. The molecule has 0 aromatic rings. The Labute approximate surface area is 40.7 Å². The van der Waals surface area contributed by atoms with Gasteiger partial charge in [-0.05, 0) is 0 Å². The Kier molecular flexibility index (Phi) is 6.76. The first-order valence-electron chi connectivity index (χ1n) is 0.548. The summed E-state index contributed by atoms with van der Waals surface area (Å²) in [6.45, 7) is 0. The molecule has 0 amide bonds. The van der Waals surface area contributed by atoms with Gasteiger partial charge in [0.25, 0.3) is 0 Å². The van der Waals surface area contributed by atoms with Crippen LogP contribution in [0.2, 0.25) is 0 Å². The van der Waals surface area contributed by atoms with E-state index in [1.807, 2.05) is 0 Å². The molecule has 0 aromatic heterocycles. The van der Waals surface area contributed by atoms with Crippen molar-refractivity contribution >= 4 is 0 Å². The molecule has 0 aliphatic heterocycles. The summed E-state index contributed by atoms with van der Waals surface area (Å²) in [7, 11) is 0. The number of nitrogens with zero attached hydrogens (tertiary/aromatic N) is 1. The van der Waals surface area contributed by atoms with Gasteiger partial charge in [-0.15, -0.1) is 0 Å². The van der Waals surface area contributed by atoms with E-state index in [0.717, 1.165) is 0 Å². The van der Waals surface area contributed by atoms with Crippen LogP contribution in [0, 0.1) is 15.3 Å². The van der Waals surface area contributed by atoms with E-state index < -0.39 is 5.09 Å². The molecule has 0 aromatic carbocycles. The van der Waals surface area contributed by atoms with Gasteiger partial charge in [-0.3, -0.25) is 0 Å². The van der Waals surface area contributed by atoms with Crippen LogP contribution in [0.3, 0.4) is 0 Å². The zero-order chi connectivity index (χ0) is 3.58. The van der Waals surface area contributed by atoms with Crippen molar-refractivity contribution in [3.05, 3.63) is 15.3 Å². The standard InChI is InChI=1S/NO3.Ru/c2-1(3)4;/q-1;+1. The third-order valence-corrected chi connectivity index (χ3v) is 0. The Morgan fingerprint density at radius 1 is 1.40 bits per heavy atom. The van der Waals surface area contributed by atoms with E-state index >= 15 is 0 Å². The summed E-state index contributed by atoms with van der Waals surface area (Å²) in [5.74, 6) is 0. The van der Waals surface area contributed by atoms with Gasteiger partial charge in [0.1, 0.15) is 0 Å². The second-order valence-electron chi connectivity index (χ2n) is 0.224. The number of hydrogen-bond acceptors (Lipinski definition) is 3. The van der Waals surface area contributed by atoms with Gasteiger partial charge in [0.15, 0.2) is 0 Å². The second-order valence-corrected chi connectivity index (χ2v) is 0.224. The Hall–Kier alpha value is -0.177. The Morgan fingerprint density at radius 2 is 1.40 bits per heavy atom. The fourth-order valence-electron chi connectivity index (χ4n) is 0. The molecular weight excluding hydrogens is 163 g/mol. The van der Waals surface area contributed by atoms with Gasteiger partial charge < -0.3 is 15.3 Å². The molecular formula is NO3Ru. The van der Waals surface area contributed by atoms with E-state index in [2.05, 4.69) is 0 Å². The molecule has 0 rings (SSSR count). The van der Waals surface area contributed by atoms with Crippen LogP contribution in [-0.2, 0) is 19.5 Å². The van der Waals surface area contributed by atoms with Crippen molar-refractivity contribution in [1.82, 2.24) is 0 Å². The quantitative estimate of drug-likeness (QED) is 0.281. The SMILES string of the molecule is O=[N+]([O-])[O-].[Ru+]. The van der Waals surface area contributed by atoms with Crippen molar-refractivity contribution in [2.24, 2.45) is 0 Å². The van der Waals surface area contributed by atoms with Crippen molar-refractivity contribution < 1.29 is 24.6 Å². The molecule has 4 nitrogen and oxygen atoms in total. The predicted molar refractivity (Wildman–Crippen MR) is 10.4 cm³/mol. The van der Waals surface area contributed by atoms with Gasteiger partial charge in [-0.1, -0.05) is 0 Å². The summed E-state index contributed by atoms with van der Waals surface area (Å²) in [5.41, 5.74) is 0. The zero-order valence-corrected chi connectivity index (χ0v) is 3.76. The van der Waals surface area contributed by atoms with E-state index in [1.54, 1.807) is 0 Å². The van der Waals surface area contributed by atoms with Crippen molar-refractivity contribution in [3.8, 4) is 0 Å². The first kappa shape index (κ1) is 8.85. The van der Waals surface area contributed by atoms with Gasteiger partial charge in [-0.2, -0.15) is 0 Å². The second kappa shape index (κ2) is 3.82. The minimum atomic E-state index is -1.75. The molecule has 5 heavy (non-hydrogen) atoms. The fraction of sp³-hybridized carbons (Fsp3) is 0. The van der Waals surface area contributed by atoms with Gasteiger partial charge in [0.05, 0.1) is 5.09 Å². The first-order valence-corrected chi connectivity index (χ1v) is 0.548. The molecule has 0 spiro atoms. The molecule has 0 saturated heterocycles. The third kappa shape index (κ3) is 407. The van der Waals surface area contributed by atoms with Crippen LogP contribution in [0.5, 0.6) is 0 Å². The summed E-state index contributed by atoms with van der Waals surface area (Å²) in [4.78, 5) is 8.25. The minimum Gasteiger partial charge on any atom is -0.356 e. The Morgan fingerprint density at radius 3 is 1.40 bits per heavy atom. The monoisotopic (exact) mass is 164 g/mol. The maximum Gasteiger partial charge on any atom is 1.00 e. The normalized spacial score (nSPS) is 4.80. The topological polar surface area (TPSA) is 66.2 Å². The van der Waals surface area contributed by atoms with Gasteiger partial charge in [-0.25, -0.2) is 0 Å². The van der Waals surface area contributed by atoms with Crippen LogP contribution in [0.25, 0.3) is 0 Å². The van der Waals surface area contributed by atoms with Crippen LogP contribution in [0.15, 0.2) is 0 Å². The molecule has 0 bridgehead atoms. The van der Waals surface area contributed by atoms with Crippen LogP contribution in [-0.4, -0.2) is 5.09 Å². The molecule has 0 atom stereocenters. The predicted octanol–water partition coefficient (Wildman–Crippen LogP) is -0.242. The van der Waals surface area contributed by atoms with Crippen LogP contribution < -0.4 is 0 Å². The molecule has 0 saturated carbocycles. The molecule has 0 aliphatic rings. The van der Waals surface area contributed by atoms with E-state index in [1.165, 1.54) is 0 Å². The van der Waals surface area contributed by atoms with Crippen molar-refractivity contribution in [2.75, 3.05) is 0 Å². The van der Waals surface area contributed by atoms with E-state index in [9.17, 15) is 0 Å². The Bertz CT molecular complexity index is 29.9. The summed E-state index contributed by atoms with van der Waals surface area (Å²) >= 11 is 0. The average Bonchev–Trinajstić information content (AvgIpc) is 0.811. The molecule has 1 radical (unpaired) electrons. The van der Waals surface area contributed by atoms with Gasteiger partial charge in [0, 0.05) is 0 Å². The third-order valence-electron chi connectivity index (χ3n) is 0. The van der Waals surface area contributed by atoms with E-state index in [-0.39, 0.29) is 19.5 Å². The summed E-state index contributed by atoms with van der Waals surface area (Å²) in [6.07, 6.45) is 0. The van der Waals surface area contributed by atoms with E-state index in [0.29, 0.717) is 0 Å². The van der Waals surface area contributed by atoms with Crippen LogP contribution in [0.4, 0.5) is 0 Å². The van der Waals surface area contributed by atoms with E-state index in [4.69, 9.17) is 15.3 Å². The van der Waals surface area contributed by atoms with Crippen LogP contribution in [0.1, 0.15) is 0 Å². The zero-order valence-electron chi connectivity index (χ0n) is 2.03. The molecule has 0 aliphatic carbocycles. The largest absolute Gasteiger partial charge is 1.00 e. The average molecular weight is 163 g/mol.